The second-order valence-electron chi connectivity index (χ2n) is 8.68. The normalized spacial score (nSPS) is 12.4. The molecule has 0 aliphatic carbocycles. The molecule has 3 aromatic rings. The topological polar surface area (TPSA) is 92.7 Å². The highest BCUT2D eigenvalue weighted by molar-refractivity contribution is 5.82. The third kappa shape index (κ3) is 7.81. The Balaban J connectivity index is 1.55. The van der Waals surface area contributed by atoms with Gasteiger partial charge in [-0.15, -0.1) is 0 Å². The predicted molar refractivity (Wildman–Crippen MR) is 135 cm³/mol. The zero-order valence-electron chi connectivity index (χ0n) is 20.1. The first-order valence-electron chi connectivity index (χ1n) is 11.7. The number of carbonyl (C=O) groups excluding carboxylic acids is 2. The fourth-order valence-corrected chi connectivity index (χ4v) is 3.97. The Morgan fingerprint density at radius 1 is 0.886 bits per heavy atom. The number of carbonyl (C=O) groups is 3. The van der Waals surface area contributed by atoms with Crippen LogP contribution in [-0.4, -0.2) is 29.0 Å². The van der Waals surface area contributed by atoms with Gasteiger partial charge in [-0.2, -0.15) is 0 Å². The van der Waals surface area contributed by atoms with Gasteiger partial charge in [0.2, 0.25) is 5.91 Å². The van der Waals surface area contributed by atoms with Crippen LogP contribution in [0, 0.1) is 6.92 Å². The summed E-state index contributed by atoms with van der Waals surface area (Å²) in [6.45, 7) is 3.83. The van der Waals surface area contributed by atoms with E-state index in [1.807, 2.05) is 85.8 Å². The van der Waals surface area contributed by atoms with Crippen molar-refractivity contribution in [2.24, 2.45) is 0 Å². The number of nitrogens with one attached hydrogen (secondary N) is 1. The Hall–Kier alpha value is -3.93. The SMILES string of the molecule is Cc1ccc(-c2ccccc2)cc1C(CC(C)NC(=O)CCC(=O)OCc1ccccc1)C(=O)O. The minimum atomic E-state index is -0.941. The van der Waals surface area contributed by atoms with E-state index in [1.165, 1.54) is 0 Å². The number of esters is 1. The van der Waals surface area contributed by atoms with Crippen molar-refractivity contribution in [3.05, 3.63) is 95.6 Å². The van der Waals surface area contributed by atoms with E-state index in [0.29, 0.717) is 0 Å². The number of carboxylic acid groups (broad SMARTS) is 1. The van der Waals surface area contributed by atoms with Gasteiger partial charge in [-0.25, -0.2) is 0 Å². The lowest BCUT2D eigenvalue weighted by Crippen LogP contribution is -2.35. The Kier molecular flexibility index (Phi) is 9.18. The summed E-state index contributed by atoms with van der Waals surface area (Å²) in [6, 6.07) is 24.6. The number of ether oxygens (including phenoxy) is 1. The first-order chi connectivity index (χ1) is 16.8. The van der Waals surface area contributed by atoms with Gasteiger partial charge in [-0.3, -0.25) is 14.4 Å². The van der Waals surface area contributed by atoms with Crippen LogP contribution in [0.25, 0.3) is 11.1 Å². The second kappa shape index (κ2) is 12.5. The third-order valence-electron chi connectivity index (χ3n) is 5.86. The molecular weight excluding hydrogens is 442 g/mol. The third-order valence-corrected chi connectivity index (χ3v) is 5.86. The van der Waals surface area contributed by atoms with E-state index in [9.17, 15) is 19.5 Å². The fourth-order valence-electron chi connectivity index (χ4n) is 3.97. The molecule has 0 radical (unpaired) electrons. The Morgan fingerprint density at radius 3 is 2.20 bits per heavy atom. The zero-order valence-corrected chi connectivity index (χ0v) is 20.1. The summed E-state index contributed by atoms with van der Waals surface area (Å²) in [7, 11) is 0. The number of amides is 1. The van der Waals surface area contributed by atoms with Crippen molar-refractivity contribution < 1.29 is 24.2 Å². The van der Waals surface area contributed by atoms with Crippen LogP contribution >= 0.6 is 0 Å². The van der Waals surface area contributed by atoms with Crippen molar-refractivity contribution in [1.82, 2.24) is 5.32 Å². The molecule has 3 rings (SSSR count). The molecule has 0 saturated heterocycles. The second-order valence-corrected chi connectivity index (χ2v) is 8.68. The Morgan fingerprint density at radius 2 is 1.54 bits per heavy atom. The minimum absolute atomic E-state index is 0.0157. The maximum atomic E-state index is 12.4. The fraction of sp³-hybridized carbons (Fsp3) is 0.276. The summed E-state index contributed by atoms with van der Waals surface area (Å²) in [5.74, 6) is -2.48. The van der Waals surface area contributed by atoms with Crippen LogP contribution in [-0.2, 0) is 25.7 Å². The molecule has 2 atom stereocenters. The Bertz CT molecular complexity index is 1140. The number of rotatable bonds is 11. The molecule has 2 N–H and O–H groups in total. The molecule has 182 valence electrons. The molecule has 0 aliphatic rings. The van der Waals surface area contributed by atoms with Crippen molar-refractivity contribution in [2.45, 2.75) is 51.7 Å². The summed E-state index contributed by atoms with van der Waals surface area (Å²) in [6.07, 6.45) is 0.183. The maximum absolute atomic E-state index is 12.4. The molecule has 2 unspecified atom stereocenters. The number of aryl methyl sites for hydroxylation is 1. The van der Waals surface area contributed by atoms with Crippen LogP contribution in [0.4, 0.5) is 0 Å². The summed E-state index contributed by atoms with van der Waals surface area (Å²) in [5, 5.41) is 12.8. The highest BCUT2D eigenvalue weighted by Crippen LogP contribution is 2.30. The minimum Gasteiger partial charge on any atom is -0.481 e. The average molecular weight is 474 g/mol. The molecule has 0 spiro atoms. The zero-order chi connectivity index (χ0) is 25.2. The summed E-state index contributed by atoms with van der Waals surface area (Å²) < 4.78 is 5.20. The lowest BCUT2D eigenvalue weighted by Gasteiger charge is -2.21. The highest BCUT2D eigenvalue weighted by Gasteiger charge is 2.25. The molecule has 0 aliphatic heterocycles. The van der Waals surface area contributed by atoms with E-state index in [4.69, 9.17) is 4.74 Å². The average Bonchev–Trinajstić information content (AvgIpc) is 2.86. The van der Waals surface area contributed by atoms with Gasteiger partial charge < -0.3 is 15.2 Å². The summed E-state index contributed by atoms with van der Waals surface area (Å²) in [4.78, 5) is 36.5. The van der Waals surface area contributed by atoms with Gasteiger partial charge >= 0.3 is 11.9 Å². The molecule has 0 heterocycles. The lowest BCUT2D eigenvalue weighted by atomic mass is 9.87. The lowest BCUT2D eigenvalue weighted by molar-refractivity contribution is -0.146. The molecule has 6 nitrogen and oxygen atoms in total. The van der Waals surface area contributed by atoms with Gasteiger partial charge in [0.1, 0.15) is 6.61 Å². The number of carboxylic acids is 1. The van der Waals surface area contributed by atoms with Crippen molar-refractivity contribution in [3.8, 4) is 11.1 Å². The monoisotopic (exact) mass is 473 g/mol. The van der Waals surface area contributed by atoms with Gasteiger partial charge in [0.15, 0.2) is 0 Å². The predicted octanol–water partition coefficient (Wildman–Crippen LogP) is 5.25. The van der Waals surface area contributed by atoms with Gasteiger partial charge in [-0.05, 0) is 48.1 Å². The van der Waals surface area contributed by atoms with Crippen LogP contribution in [0.5, 0.6) is 0 Å². The smallest absolute Gasteiger partial charge is 0.311 e. The van der Waals surface area contributed by atoms with Crippen LogP contribution in [0.1, 0.15) is 48.8 Å². The molecule has 1 amide bonds. The molecule has 3 aromatic carbocycles. The standard InChI is InChI=1S/C29H31NO5/c1-20-13-14-24(23-11-7-4-8-12-23)18-25(20)26(29(33)34)17-21(2)30-27(31)15-16-28(32)35-19-22-9-5-3-6-10-22/h3-14,18,21,26H,15-17,19H2,1-2H3,(H,30,31)(H,33,34). The van der Waals surface area contributed by atoms with Crippen LogP contribution in [0.3, 0.4) is 0 Å². The molecule has 0 fully saturated rings. The van der Waals surface area contributed by atoms with Gasteiger partial charge in [0.05, 0.1) is 12.3 Å². The number of benzene rings is 3. The van der Waals surface area contributed by atoms with Crippen LogP contribution < -0.4 is 5.32 Å². The van der Waals surface area contributed by atoms with E-state index >= 15 is 0 Å². The molecular formula is C29H31NO5. The van der Waals surface area contributed by atoms with E-state index in [2.05, 4.69) is 5.32 Å². The first kappa shape index (κ1) is 25.7. The van der Waals surface area contributed by atoms with Crippen molar-refractivity contribution in [2.75, 3.05) is 0 Å². The molecule has 0 aromatic heterocycles. The van der Waals surface area contributed by atoms with Crippen molar-refractivity contribution >= 4 is 17.8 Å². The van der Waals surface area contributed by atoms with Crippen molar-refractivity contribution in [1.29, 1.82) is 0 Å². The van der Waals surface area contributed by atoms with E-state index in [1.54, 1.807) is 6.92 Å². The van der Waals surface area contributed by atoms with E-state index in [-0.39, 0.29) is 37.8 Å². The number of hydrogen-bond donors (Lipinski definition) is 2. The van der Waals surface area contributed by atoms with Crippen LogP contribution in [0.15, 0.2) is 78.9 Å². The number of hydrogen-bond acceptors (Lipinski definition) is 4. The maximum Gasteiger partial charge on any atom is 0.311 e. The number of aliphatic carboxylic acids is 1. The summed E-state index contributed by atoms with van der Waals surface area (Å²) >= 11 is 0. The highest BCUT2D eigenvalue weighted by atomic mass is 16.5. The van der Waals surface area contributed by atoms with Crippen molar-refractivity contribution in [3.63, 3.8) is 0 Å². The van der Waals surface area contributed by atoms with Crippen LogP contribution in [0.2, 0.25) is 0 Å². The molecule has 35 heavy (non-hydrogen) atoms. The molecule has 6 heteroatoms. The molecule has 0 bridgehead atoms. The molecule has 0 saturated carbocycles. The quantitative estimate of drug-likeness (QED) is 0.371. The van der Waals surface area contributed by atoms with Gasteiger partial charge in [-0.1, -0.05) is 78.9 Å². The van der Waals surface area contributed by atoms with E-state index in [0.717, 1.165) is 27.8 Å². The summed E-state index contributed by atoms with van der Waals surface area (Å²) in [5.41, 5.74) is 4.45. The Labute approximate surface area is 206 Å². The van der Waals surface area contributed by atoms with E-state index < -0.39 is 17.9 Å². The first-order valence-corrected chi connectivity index (χ1v) is 11.7. The largest absolute Gasteiger partial charge is 0.481 e. The van der Waals surface area contributed by atoms with Gasteiger partial charge in [0, 0.05) is 12.5 Å². The van der Waals surface area contributed by atoms with Gasteiger partial charge in [0.25, 0.3) is 0 Å².